The van der Waals surface area contributed by atoms with Crippen LogP contribution >= 0.6 is 11.3 Å². The molecule has 2 heterocycles. The number of carbonyl (C=O) groups is 3. The first-order valence-electron chi connectivity index (χ1n) is 17.4. The molecule has 1 amide bonds. The number of carbonyl (C=O) groups excluding carboxylic acids is 3. The minimum absolute atomic E-state index is 0.0777. The molecule has 7 nitrogen and oxygen atoms in total. The normalized spacial score (nSPS) is 18.2. The minimum atomic E-state index is -0.467. The highest BCUT2D eigenvalue weighted by Crippen LogP contribution is 2.30. The largest absolute Gasteiger partial charge is 0.353 e. The molecular formula is C37H56N4O3S. The molecule has 0 bridgehead atoms. The fraction of sp³-hybridized carbons (Fsp3) is 0.676. The van der Waals surface area contributed by atoms with Crippen molar-refractivity contribution in [2.75, 3.05) is 39.8 Å². The number of nitrogens with one attached hydrogen (secondary N) is 1. The van der Waals surface area contributed by atoms with E-state index in [1.54, 1.807) is 11.3 Å². The summed E-state index contributed by atoms with van der Waals surface area (Å²) in [6.45, 7) is 15.1. The molecule has 0 spiro atoms. The van der Waals surface area contributed by atoms with Crippen molar-refractivity contribution < 1.29 is 14.4 Å². The number of nitrogens with zero attached hydrogens (tertiary/aromatic N) is 3. The highest BCUT2D eigenvalue weighted by molar-refractivity contribution is 7.18. The molecule has 1 aromatic heterocycles. The second kappa shape index (κ2) is 17.5. The molecule has 1 aliphatic carbocycles. The van der Waals surface area contributed by atoms with E-state index in [4.69, 9.17) is 4.98 Å². The van der Waals surface area contributed by atoms with Gasteiger partial charge in [-0.3, -0.25) is 19.3 Å². The van der Waals surface area contributed by atoms with E-state index in [1.165, 1.54) is 37.7 Å². The molecule has 0 radical (unpaired) electrons. The predicted octanol–water partition coefficient (Wildman–Crippen LogP) is 6.95. The Morgan fingerprint density at radius 2 is 1.80 bits per heavy atom. The highest BCUT2D eigenvalue weighted by atomic mass is 32.1. The van der Waals surface area contributed by atoms with Crippen molar-refractivity contribution in [2.45, 2.75) is 110 Å². The van der Waals surface area contributed by atoms with Crippen LogP contribution in [0.4, 0.5) is 0 Å². The molecule has 1 aliphatic heterocycles. The standard InChI is InChI=1S/C37H56N4O3S/c1-6-10-32(42)22-30(24-36-39-33-15-13-29(26(2)3)23-35(33)45-36)37(44)38-31(21-28-11-8-7-9-12-28)14-16-34(43)27(4)25-41-19-17-40(5)18-20-41/h13,15,23,26,28,30-31H,4,6-12,14,16-22,24-25H2,1-3,5H3,(H,38,44)/t30-,31+/m0/s1. The Bertz CT molecular complexity index is 1290. The van der Waals surface area contributed by atoms with Crippen LogP contribution in [0.3, 0.4) is 0 Å². The van der Waals surface area contributed by atoms with Gasteiger partial charge in [0.2, 0.25) is 5.91 Å². The summed E-state index contributed by atoms with van der Waals surface area (Å²) in [5.41, 5.74) is 2.89. The van der Waals surface area contributed by atoms with Crippen LogP contribution in [0.1, 0.15) is 108 Å². The van der Waals surface area contributed by atoms with E-state index in [0.29, 0.717) is 49.6 Å². The second-order valence-electron chi connectivity index (χ2n) is 14.0. The van der Waals surface area contributed by atoms with Crippen LogP contribution in [0.2, 0.25) is 0 Å². The van der Waals surface area contributed by atoms with E-state index in [0.717, 1.165) is 54.2 Å². The van der Waals surface area contributed by atoms with Gasteiger partial charge >= 0.3 is 0 Å². The van der Waals surface area contributed by atoms with Gasteiger partial charge in [-0.25, -0.2) is 4.98 Å². The number of thiazole rings is 1. The van der Waals surface area contributed by atoms with Gasteiger partial charge in [0.25, 0.3) is 0 Å². The molecule has 1 saturated carbocycles. The number of fused-ring (bicyclic) bond motifs is 1. The summed E-state index contributed by atoms with van der Waals surface area (Å²) >= 11 is 1.63. The predicted molar refractivity (Wildman–Crippen MR) is 186 cm³/mol. The summed E-state index contributed by atoms with van der Waals surface area (Å²) in [5.74, 6) is 0.674. The summed E-state index contributed by atoms with van der Waals surface area (Å²) in [4.78, 5) is 49.5. The van der Waals surface area contributed by atoms with Crippen molar-refractivity contribution >= 4 is 39.0 Å². The van der Waals surface area contributed by atoms with Crippen molar-refractivity contribution in [3.8, 4) is 0 Å². The van der Waals surface area contributed by atoms with Crippen molar-refractivity contribution in [2.24, 2.45) is 11.8 Å². The average molecular weight is 637 g/mol. The lowest BCUT2D eigenvalue weighted by Crippen LogP contribution is -2.45. The molecule has 2 aliphatic rings. The maximum absolute atomic E-state index is 14.0. The van der Waals surface area contributed by atoms with Crippen LogP contribution < -0.4 is 5.32 Å². The molecule has 45 heavy (non-hydrogen) atoms. The first-order chi connectivity index (χ1) is 21.6. The van der Waals surface area contributed by atoms with Crippen molar-refractivity contribution in [1.29, 1.82) is 0 Å². The molecule has 1 saturated heterocycles. The number of likely N-dealkylation sites (N-methyl/N-ethyl adjacent to an activating group) is 1. The van der Waals surface area contributed by atoms with Gasteiger partial charge in [0.05, 0.1) is 21.1 Å². The molecule has 1 N–H and O–H groups in total. The zero-order chi connectivity index (χ0) is 32.3. The number of ketones is 2. The van der Waals surface area contributed by atoms with E-state index in [2.05, 4.69) is 60.8 Å². The van der Waals surface area contributed by atoms with Crippen molar-refractivity contribution in [1.82, 2.24) is 20.1 Å². The van der Waals surface area contributed by atoms with Gasteiger partial charge in [-0.1, -0.05) is 65.5 Å². The number of Topliss-reactive ketones (excluding diaryl/α,β-unsaturated/α-hetero) is 2. The third-order valence-corrected chi connectivity index (χ3v) is 10.8. The molecule has 2 fully saturated rings. The Kier molecular flexibility index (Phi) is 13.8. The summed E-state index contributed by atoms with van der Waals surface area (Å²) in [6, 6.07) is 6.31. The Morgan fingerprint density at radius 1 is 1.07 bits per heavy atom. The van der Waals surface area contributed by atoms with Gasteiger partial charge in [0.15, 0.2) is 5.78 Å². The number of benzene rings is 1. The van der Waals surface area contributed by atoms with E-state index in [9.17, 15) is 14.4 Å². The van der Waals surface area contributed by atoms with Crippen LogP contribution in [-0.4, -0.2) is 78.1 Å². The van der Waals surface area contributed by atoms with Crippen LogP contribution in [0.5, 0.6) is 0 Å². The monoisotopic (exact) mass is 636 g/mol. The molecule has 2 aromatic rings. The maximum Gasteiger partial charge on any atom is 0.224 e. The van der Waals surface area contributed by atoms with E-state index in [-0.39, 0.29) is 29.9 Å². The maximum atomic E-state index is 14.0. The number of rotatable bonds is 17. The van der Waals surface area contributed by atoms with Crippen LogP contribution in [0, 0.1) is 11.8 Å². The molecule has 2 atom stereocenters. The average Bonchev–Trinajstić information content (AvgIpc) is 3.42. The lowest BCUT2D eigenvalue weighted by molar-refractivity contribution is -0.130. The summed E-state index contributed by atoms with van der Waals surface area (Å²) < 4.78 is 1.13. The van der Waals surface area contributed by atoms with Gasteiger partial charge in [-0.2, -0.15) is 0 Å². The highest BCUT2D eigenvalue weighted by Gasteiger charge is 2.28. The van der Waals surface area contributed by atoms with Gasteiger partial charge < -0.3 is 10.2 Å². The van der Waals surface area contributed by atoms with Gasteiger partial charge in [-0.15, -0.1) is 11.3 Å². The topological polar surface area (TPSA) is 82.6 Å². The molecule has 248 valence electrons. The van der Waals surface area contributed by atoms with Crippen LogP contribution in [-0.2, 0) is 20.8 Å². The Balaban J connectivity index is 1.43. The quantitative estimate of drug-likeness (QED) is 0.189. The fourth-order valence-electron chi connectivity index (χ4n) is 6.80. The second-order valence-corrected chi connectivity index (χ2v) is 15.1. The summed E-state index contributed by atoms with van der Waals surface area (Å²) in [7, 11) is 2.13. The zero-order valence-corrected chi connectivity index (χ0v) is 29.1. The molecular weight excluding hydrogens is 580 g/mol. The Morgan fingerprint density at radius 3 is 2.49 bits per heavy atom. The smallest absolute Gasteiger partial charge is 0.224 e. The molecule has 1 aromatic carbocycles. The van der Waals surface area contributed by atoms with E-state index < -0.39 is 5.92 Å². The van der Waals surface area contributed by atoms with Crippen LogP contribution in [0.25, 0.3) is 10.2 Å². The van der Waals surface area contributed by atoms with Crippen LogP contribution in [0.15, 0.2) is 30.4 Å². The number of hydrogen-bond donors (Lipinski definition) is 1. The Hall–Kier alpha value is -2.42. The molecule has 4 rings (SSSR count). The van der Waals surface area contributed by atoms with Gasteiger partial charge in [0, 0.05) is 70.0 Å². The number of piperazine rings is 1. The minimum Gasteiger partial charge on any atom is -0.353 e. The molecule has 8 heteroatoms. The molecule has 0 unspecified atom stereocenters. The number of hydrogen-bond acceptors (Lipinski definition) is 7. The van der Waals surface area contributed by atoms with Crippen molar-refractivity contribution in [3.63, 3.8) is 0 Å². The number of amides is 1. The summed E-state index contributed by atoms with van der Waals surface area (Å²) in [6.07, 6.45) is 9.92. The SMILES string of the molecule is C=C(CN1CCN(C)CC1)C(=O)CC[C@H](CC1CCCCC1)NC(=O)[C@@H](CC(=O)CCC)Cc1nc2ccc(C(C)C)cc2s1. The number of aromatic nitrogens is 1. The first-order valence-corrected chi connectivity index (χ1v) is 18.3. The third kappa shape index (κ3) is 11.1. The Labute approximate surface area is 275 Å². The van der Waals surface area contributed by atoms with E-state index in [1.807, 2.05) is 6.92 Å². The lowest BCUT2D eigenvalue weighted by Gasteiger charge is -2.32. The van der Waals surface area contributed by atoms with Gasteiger partial charge in [0.1, 0.15) is 5.78 Å². The summed E-state index contributed by atoms with van der Waals surface area (Å²) in [5, 5.41) is 4.26. The first kappa shape index (κ1) is 35.4. The van der Waals surface area contributed by atoms with Gasteiger partial charge in [-0.05, 0) is 55.8 Å². The third-order valence-electron chi connectivity index (χ3n) is 9.73. The zero-order valence-electron chi connectivity index (χ0n) is 28.2. The van der Waals surface area contributed by atoms with Crippen molar-refractivity contribution in [3.05, 3.63) is 40.9 Å². The fourth-order valence-corrected chi connectivity index (χ4v) is 7.89. The van der Waals surface area contributed by atoms with E-state index >= 15 is 0 Å². The lowest BCUT2D eigenvalue weighted by atomic mass is 9.83.